The predicted molar refractivity (Wildman–Crippen MR) is 123 cm³/mol. The Morgan fingerprint density at radius 3 is 2.19 bits per heavy atom. The van der Waals surface area contributed by atoms with Gasteiger partial charge in [0.05, 0.1) is 23.3 Å². The van der Waals surface area contributed by atoms with Gasteiger partial charge >= 0.3 is 5.97 Å². The maximum atomic E-state index is 12.3. The van der Waals surface area contributed by atoms with Gasteiger partial charge in [0.1, 0.15) is 11.5 Å². The number of rotatable bonds is 9. The quantitative estimate of drug-likeness (QED) is 0.226. The number of sulfonamides is 1. The van der Waals surface area contributed by atoms with Gasteiger partial charge in [-0.15, -0.1) is 0 Å². The van der Waals surface area contributed by atoms with Crippen molar-refractivity contribution >= 4 is 22.2 Å². The van der Waals surface area contributed by atoms with E-state index >= 15 is 0 Å². The third-order valence-electron chi connectivity index (χ3n) is 4.37. The zero-order valence-corrected chi connectivity index (χ0v) is 18.6. The van der Waals surface area contributed by atoms with Gasteiger partial charge in [-0.2, -0.15) is 13.5 Å². The van der Waals surface area contributed by atoms with Crippen LogP contribution in [0.2, 0.25) is 0 Å². The molecule has 0 aromatic heterocycles. The number of nitrogens with one attached hydrogen (secondary N) is 1. The molecule has 32 heavy (non-hydrogen) atoms. The maximum Gasteiger partial charge on any atom is 0.343 e. The van der Waals surface area contributed by atoms with Crippen LogP contribution in [-0.2, 0) is 10.0 Å². The van der Waals surface area contributed by atoms with Crippen molar-refractivity contribution in [1.29, 1.82) is 0 Å². The summed E-state index contributed by atoms with van der Waals surface area (Å²) in [6, 6.07) is 19.7. The number of hydrogen-bond acceptors (Lipinski definition) is 6. The molecule has 0 fully saturated rings. The summed E-state index contributed by atoms with van der Waals surface area (Å²) in [4.78, 5) is 14.6. The molecule has 0 saturated carbocycles. The molecule has 0 aliphatic carbocycles. The van der Waals surface area contributed by atoms with Gasteiger partial charge in [-0.05, 0) is 79.6 Å². The van der Waals surface area contributed by atoms with Gasteiger partial charge < -0.3 is 9.47 Å². The van der Waals surface area contributed by atoms with Gasteiger partial charge in [0.15, 0.2) is 0 Å². The van der Waals surface area contributed by atoms with Crippen LogP contribution in [0.5, 0.6) is 11.5 Å². The topological polar surface area (TPSA) is 94.1 Å². The average molecular weight is 453 g/mol. The predicted octanol–water partition coefficient (Wildman–Crippen LogP) is 4.32. The fourth-order valence-corrected chi connectivity index (χ4v) is 3.43. The standard InChI is InChI=1S/C24H24N2O5S/c1-3-16-30-21-12-8-20(9-13-21)24(27)31-22-10-6-19(7-11-22)17-25-26-32(28,29)23-14-4-18(2)5-15-23/h4-15,17,26H,3,16H2,1-2H3. The fourth-order valence-electron chi connectivity index (χ4n) is 2.64. The Morgan fingerprint density at radius 1 is 0.938 bits per heavy atom. The Bertz CT molecular complexity index is 1170. The van der Waals surface area contributed by atoms with Crippen LogP contribution in [0.4, 0.5) is 0 Å². The second-order valence-electron chi connectivity index (χ2n) is 7.00. The molecular weight excluding hydrogens is 428 g/mol. The molecule has 7 nitrogen and oxygen atoms in total. The van der Waals surface area contributed by atoms with Crippen LogP contribution in [0.15, 0.2) is 82.8 Å². The highest BCUT2D eigenvalue weighted by molar-refractivity contribution is 7.89. The van der Waals surface area contributed by atoms with E-state index < -0.39 is 16.0 Å². The van der Waals surface area contributed by atoms with E-state index in [-0.39, 0.29) is 4.90 Å². The van der Waals surface area contributed by atoms with Gasteiger partial charge in [-0.25, -0.2) is 9.63 Å². The van der Waals surface area contributed by atoms with E-state index in [1.165, 1.54) is 18.3 Å². The van der Waals surface area contributed by atoms with E-state index in [1.807, 2.05) is 13.8 Å². The number of carbonyl (C=O) groups excluding carboxylic acids is 1. The molecule has 0 unspecified atom stereocenters. The number of ether oxygens (including phenoxy) is 2. The van der Waals surface area contributed by atoms with E-state index in [9.17, 15) is 13.2 Å². The summed E-state index contributed by atoms with van der Waals surface area (Å²) < 4.78 is 35.3. The second kappa shape index (κ2) is 10.6. The van der Waals surface area contributed by atoms with Crippen LogP contribution < -0.4 is 14.3 Å². The summed E-state index contributed by atoms with van der Waals surface area (Å²) in [5.74, 6) is 0.572. The SMILES string of the molecule is CCCOc1ccc(C(=O)Oc2ccc(C=NNS(=O)(=O)c3ccc(C)cc3)cc2)cc1. The zero-order chi connectivity index (χ0) is 23.0. The lowest BCUT2D eigenvalue weighted by Gasteiger charge is -2.07. The Hall–Kier alpha value is -3.65. The zero-order valence-electron chi connectivity index (χ0n) is 17.8. The van der Waals surface area contributed by atoms with Gasteiger partial charge in [0.25, 0.3) is 10.0 Å². The lowest BCUT2D eigenvalue weighted by atomic mass is 10.2. The van der Waals surface area contributed by atoms with Crippen molar-refractivity contribution < 1.29 is 22.7 Å². The summed E-state index contributed by atoms with van der Waals surface area (Å²) in [6.45, 7) is 4.52. The normalized spacial score (nSPS) is 11.3. The summed E-state index contributed by atoms with van der Waals surface area (Å²) >= 11 is 0. The number of aryl methyl sites for hydroxylation is 1. The summed E-state index contributed by atoms with van der Waals surface area (Å²) in [6.07, 6.45) is 2.27. The molecule has 0 bridgehead atoms. The minimum absolute atomic E-state index is 0.132. The molecule has 0 atom stereocenters. The van der Waals surface area contributed by atoms with Crippen molar-refractivity contribution in [1.82, 2.24) is 4.83 Å². The summed E-state index contributed by atoms with van der Waals surface area (Å²) in [5, 5.41) is 3.80. The summed E-state index contributed by atoms with van der Waals surface area (Å²) in [7, 11) is -3.74. The van der Waals surface area contributed by atoms with Gasteiger partial charge in [0.2, 0.25) is 0 Å². The second-order valence-corrected chi connectivity index (χ2v) is 8.66. The molecule has 0 amide bonds. The monoisotopic (exact) mass is 452 g/mol. The van der Waals surface area contributed by atoms with Gasteiger partial charge in [0, 0.05) is 0 Å². The average Bonchev–Trinajstić information content (AvgIpc) is 2.79. The highest BCUT2D eigenvalue weighted by Gasteiger charge is 2.12. The molecule has 3 aromatic rings. The number of benzene rings is 3. The first-order chi connectivity index (χ1) is 15.4. The maximum absolute atomic E-state index is 12.3. The Labute approximate surface area is 187 Å². The van der Waals surface area contributed by atoms with E-state index in [2.05, 4.69) is 9.93 Å². The first kappa shape index (κ1) is 23.0. The number of nitrogens with zero attached hydrogens (tertiary/aromatic N) is 1. The molecule has 0 aliphatic heterocycles. The smallest absolute Gasteiger partial charge is 0.343 e. The van der Waals surface area contributed by atoms with E-state index in [4.69, 9.17) is 9.47 Å². The summed E-state index contributed by atoms with van der Waals surface area (Å²) in [5.41, 5.74) is 2.00. The van der Waals surface area contributed by atoms with Gasteiger partial charge in [-0.3, -0.25) is 0 Å². The highest BCUT2D eigenvalue weighted by atomic mass is 32.2. The number of carbonyl (C=O) groups is 1. The number of esters is 1. The van der Waals surface area contributed by atoms with Crippen LogP contribution in [-0.4, -0.2) is 27.2 Å². The van der Waals surface area contributed by atoms with Crippen molar-refractivity contribution in [3.05, 3.63) is 89.5 Å². The third kappa shape index (κ3) is 6.42. The highest BCUT2D eigenvalue weighted by Crippen LogP contribution is 2.17. The lowest BCUT2D eigenvalue weighted by molar-refractivity contribution is 0.0734. The molecule has 0 heterocycles. The molecule has 0 aliphatic rings. The molecule has 3 aromatic carbocycles. The Kier molecular flexibility index (Phi) is 7.62. The Balaban J connectivity index is 1.56. The molecule has 0 saturated heterocycles. The van der Waals surface area contributed by atoms with Crippen molar-refractivity contribution in [2.45, 2.75) is 25.2 Å². The van der Waals surface area contributed by atoms with E-state index in [1.54, 1.807) is 60.7 Å². The minimum atomic E-state index is -3.74. The van der Waals surface area contributed by atoms with Crippen molar-refractivity contribution in [2.24, 2.45) is 5.10 Å². The number of hydrazone groups is 1. The first-order valence-corrected chi connectivity index (χ1v) is 11.5. The number of hydrogen-bond donors (Lipinski definition) is 1. The van der Waals surface area contributed by atoms with Crippen molar-refractivity contribution in [3.8, 4) is 11.5 Å². The van der Waals surface area contributed by atoms with Crippen LogP contribution in [0.25, 0.3) is 0 Å². The lowest BCUT2D eigenvalue weighted by Crippen LogP contribution is -2.18. The van der Waals surface area contributed by atoms with E-state index in [0.717, 1.165) is 12.0 Å². The molecule has 3 rings (SSSR count). The minimum Gasteiger partial charge on any atom is -0.494 e. The van der Waals surface area contributed by atoms with Crippen LogP contribution >= 0.6 is 0 Å². The van der Waals surface area contributed by atoms with Gasteiger partial charge in [-0.1, -0.05) is 24.6 Å². The molecule has 166 valence electrons. The van der Waals surface area contributed by atoms with Crippen molar-refractivity contribution in [2.75, 3.05) is 6.61 Å². The van der Waals surface area contributed by atoms with E-state index in [0.29, 0.717) is 29.2 Å². The van der Waals surface area contributed by atoms with Crippen LogP contribution in [0.3, 0.4) is 0 Å². The molecule has 1 N–H and O–H groups in total. The molecular formula is C24H24N2O5S. The van der Waals surface area contributed by atoms with Crippen molar-refractivity contribution in [3.63, 3.8) is 0 Å². The third-order valence-corrected chi connectivity index (χ3v) is 5.61. The largest absolute Gasteiger partial charge is 0.494 e. The molecule has 0 spiro atoms. The molecule has 8 heteroatoms. The van der Waals surface area contributed by atoms with Crippen LogP contribution in [0.1, 0.15) is 34.8 Å². The molecule has 0 radical (unpaired) electrons. The van der Waals surface area contributed by atoms with Crippen LogP contribution in [0, 0.1) is 6.92 Å². The first-order valence-electron chi connectivity index (χ1n) is 10.0. The Morgan fingerprint density at radius 2 is 1.56 bits per heavy atom. The fraction of sp³-hybridized carbons (Fsp3) is 0.167.